The fourth-order valence-corrected chi connectivity index (χ4v) is 3.16. The zero-order chi connectivity index (χ0) is 19.2. The Kier molecular flexibility index (Phi) is 6.31. The van der Waals surface area contributed by atoms with Crippen molar-refractivity contribution >= 4 is 17.5 Å². The molecule has 8 nitrogen and oxygen atoms in total. The van der Waals surface area contributed by atoms with Crippen molar-refractivity contribution in [3.63, 3.8) is 0 Å². The smallest absolute Gasteiger partial charge is 0.254 e. The van der Waals surface area contributed by atoms with Gasteiger partial charge in [0.15, 0.2) is 12.2 Å². The molecule has 2 aliphatic rings. The van der Waals surface area contributed by atoms with E-state index in [1.807, 2.05) is 36.4 Å². The molecule has 3 rings (SSSR count). The summed E-state index contributed by atoms with van der Waals surface area (Å²) in [5.41, 5.74) is 1.08. The van der Waals surface area contributed by atoms with E-state index in [1.54, 1.807) is 0 Å². The number of nitrogens with zero attached hydrogens (tertiary/aromatic N) is 2. The predicted octanol–water partition coefficient (Wildman–Crippen LogP) is -0.523. The number of hydrogen-bond acceptors (Lipinski definition) is 6. The molecular weight excluding hydrogens is 350 g/mol. The number of hydrogen-bond donors (Lipinski definition) is 3. The molecule has 2 amide bonds. The Labute approximate surface area is 158 Å². The highest BCUT2D eigenvalue weighted by Crippen LogP contribution is 2.16. The zero-order valence-electron chi connectivity index (χ0n) is 15.1. The number of carbonyl (C=O) groups is 2. The number of amides is 2. The summed E-state index contributed by atoms with van der Waals surface area (Å²) in [5, 5.41) is 22.6. The van der Waals surface area contributed by atoms with E-state index in [1.165, 1.54) is 4.90 Å². The molecule has 1 fully saturated rings. The molecule has 0 spiro atoms. The molecule has 2 heterocycles. The molecule has 3 N–H and O–H groups in total. The minimum absolute atomic E-state index is 0.132. The number of anilines is 1. The van der Waals surface area contributed by atoms with Crippen LogP contribution in [-0.4, -0.2) is 78.5 Å². The number of rotatable bonds is 6. The highest BCUT2D eigenvalue weighted by atomic mass is 16.5. The number of ether oxygens (including phenoxy) is 1. The van der Waals surface area contributed by atoms with Crippen LogP contribution in [0.15, 0.2) is 42.2 Å². The Balaban J connectivity index is 1.47. The van der Waals surface area contributed by atoms with Crippen LogP contribution >= 0.6 is 0 Å². The van der Waals surface area contributed by atoms with Gasteiger partial charge >= 0.3 is 0 Å². The van der Waals surface area contributed by atoms with Gasteiger partial charge in [0.05, 0.1) is 13.2 Å². The lowest BCUT2D eigenvalue weighted by Crippen LogP contribution is -2.55. The molecule has 0 unspecified atom stereocenters. The van der Waals surface area contributed by atoms with Crippen LogP contribution in [0.3, 0.4) is 0 Å². The molecule has 2 aliphatic heterocycles. The van der Waals surface area contributed by atoms with E-state index < -0.39 is 24.0 Å². The van der Waals surface area contributed by atoms with Gasteiger partial charge in [-0.3, -0.25) is 9.59 Å². The summed E-state index contributed by atoms with van der Waals surface area (Å²) in [4.78, 5) is 28.0. The predicted molar refractivity (Wildman–Crippen MR) is 98.9 cm³/mol. The van der Waals surface area contributed by atoms with Gasteiger partial charge in [-0.05, 0) is 18.2 Å². The van der Waals surface area contributed by atoms with E-state index in [4.69, 9.17) is 4.74 Å². The summed E-state index contributed by atoms with van der Waals surface area (Å²) in [6.45, 7) is 2.78. The number of piperazine rings is 1. The normalized spacial score (nSPS) is 19.1. The number of benzene rings is 1. The standard InChI is InChI=1S/C19H25N3O5/c23-16(18(25)20-13-15-7-4-12-27-15)17(24)19(26)22-10-8-21(9-11-22)14-5-2-1-3-6-14/h1-3,5-7,16-17,23-24H,4,8-13H2,(H,20,25)/t16-,17-/m1/s1. The molecule has 1 aromatic rings. The average Bonchev–Trinajstić information content (AvgIpc) is 3.25. The number of para-hydroxylation sites is 1. The molecule has 0 radical (unpaired) electrons. The molecule has 0 bridgehead atoms. The van der Waals surface area contributed by atoms with E-state index in [9.17, 15) is 19.8 Å². The second-order valence-electron chi connectivity index (χ2n) is 6.56. The first-order chi connectivity index (χ1) is 13.1. The lowest BCUT2D eigenvalue weighted by atomic mass is 10.1. The topological polar surface area (TPSA) is 102 Å². The van der Waals surface area contributed by atoms with Crippen molar-refractivity contribution in [2.45, 2.75) is 18.6 Å². The van der Waals surface area contributed by atoms with Crippen LogP contribution in [0.5, 0.6) is 0 Å². The van der Waals surface area contributed by atoms with Gasteiger partial charge in [0.1, 0.15) is 5.76 Å². The van der Waals surface area contributed by atoms with Crippen LogP contribution in [0.4, 0.5) is 5.69 Å². The number of carbonyl (C=O) groups excluding carboxylic acids is 2. The maximum Gasteiger partial charge on any atom is 0.254 e. The molecule has 0 aliphatic carbocycles. The molecule has 2 atom stereocenters. The summed E-state index contributed by atoms with van der Waals surface area (Å²) in [7, 11) is 0. The lowest BCUT2D eigenvalue weighted by molar-refractivity contribution is -0.153. The van der Waals surface area contributed by atoms with E-state index in [-0.39, 0.29) is 6.54 Å². The monoisotopic (exact) mass is 375 g/mol. The fraction of sp³-hybridized carbons (Fsp3) is 0.474. The summed E-state index contributed by atoms with van der Waals surface area (Å²) < 4.78 is 5.26. The zero-order valence-corrected chi connectivity index (χ0v) is 15.1. The van der Waals surface area contributed by atoms with Crippen LogP contribution in [0, 0.1) is 0 Å². The third-order valence-corrected chi connectivity index (χ3v) is 4.75. The third-order valence-electron chi connectivity index (χ3n) is 4.75. The Hall–Kier alpha value is -2.58. The highest BCUT2D eigenvalue weighted by Gasteiger charge is 2.34. The van der Waals surface area contributed by atoms with Crippen LogP contribution < -0.4 is 10.2 Å². The first-order valence-corrected chi connectivity index (χ1v) is 9.10. The Morgan fingerprint density at radius 3 is 2.41 bits per heavy atom. The fourth-order valence-electron chi connectivity index (χ4n) is 3.16. The quantitative estimate of drug-likeness (QED) is 0.618. The van der Waals surface area contributed by atoms with Crippen molar-refractivity contribution in [1.29, 1.82) is 0 Å². The first kappa shape index (κ1) is 19.2. The molecule has 146 valence electrons. The van der Waals surface area contributed by atoms with Gasteiger partial charge in [-0.1, -0.05) is 18.2 Å². The van der Waals surface area contributed by atoms with Crippen LogP contribution in [0.1, 0.15) is 6.42 Å². The van der Waals surface area contributed by atoms with Crippen molar-refractivity contribution < 1.29 is 24.5 Å². The minimum Gasteiger partial charge on any atom is -0.496 e. The van der Waals surface area contributed by atoms with E-state index in [0.717, 1.165) is 12.1 Å². The van der Waals surface area contributed by atoms with Crippen molar-refractivity contribution in [2.75, 3.05) is 44.2 Å². The second-order valence-corrected chi connectivity index (χ2v) is 6.56. The molecule has 1 saturated heterocycles. The lowest BCUT2D eigenvalue weighted by Gasteiger charge is -2.37. The SMILES string of the molecule is O=C(NCC1=CCCO1)[C@H](O)[C@@H](O)C(=O)N1CCN(c2ccccc2)CC1. The third kappa shape index (κ3) is 4.78. The van der Waals surface area contributed by atoms with Gasteiger partial charge in [0, 0.05) is 38.3 Å². The maximum atomic E-state index is 12.4. The summed E-state index contributed by atoms with van der Waals surface area (Å²) in [5.74, 6) is -0.815. The summed E-state index contributed by atoms with van der Waals surface area (Å²) >= 11 is 0. The summed E-state index contributed by atoms with van der Waals surface area (Å²) in [6, 6.07) is 9.87. The Morgan fingerprint density at radius 1 is 1.07 bits per heavy atom. The molecule has 0 saturated carbocycles. The van der Waals surface area contributed by atoms with Crippen LogP contribution in [-0.2, 0) is 14.3 Å². The van der Waals surface area contributed by atoms with Crippen molar-refractivity contribution in [1.82, 2.24) is 10.2 Å². The molecule has 8 heteroatoms. The van der Waals surface area contributed by atoms with E-state index >= 15 is 0 Å². The summed E-state index contributed by atoms with van der Waals surface area (Å²) in [6.07, 6.45) is -0.969. The minimum atomic E-state index is -1.81. The van der Waals surface area contributed by atoms with Gasteiger partial charge in [-0.2, -0.15) is 0 Å². The van der Waals surface area contributed by atoms with E-state index in [2.05, 4.69) is 10.2 Å². The second kappa shape index (κ2) is 8.88. The molecule has 27 heavy (non-hydrogen) atoms. The average molecular weight is 375 g/mol. The molecular formula is C19H25N3O5. The van der Waals surface area contributed by atoms with Gasteiger partial charge in [-0.25, -0.2) is 0 Å². The van der Waals surface area contributed by atoms with Gasteiger partial charge in [0.25, 0.3) is 11.8 Å². The van der Waals surface area contributed by atoms with E-state index in [0.29, 0.717) is 38.5 Å². The van der Waals surface area contributed by atoms with Crippen molar-refractivity contribution in [3.05, 3.63) is 42.2 Å². The van der Waals surface area contributed by atoms with Crippen LogP contribution in [0.25, 0.3) is 0 Å². The number of aliphatic hydroxyl groups is 2. The highest BCUT2D eigenvalue weighted by molar-refractivity contribution is 5.90. The largest absolute Gasteiger partial charge is 0.496 e. The first-order valence-electron chi connectivity index (χ1n) is 9.10. The van der Waals surface area contributed by atoms with Gasteiger partial charge < -0.3 is 30.1 Å². The number of nitrogens with one attached hydrogen (secondary N) is 1. The molecule has 1 aromatic carbocycles. The van der Waals surface area contributed by atoms with Gasteiger partial charge in [0.2, 0.25) is 0 Å². The van der Waals surface area contributed by atoms with Crippen molar-refractivity contribution in [3.8, 4) is 0 Å². The maximum absolute atomic E-state index is 12.4. The molecule has 0 aromatic heterocycles. The Bertz CT molecular complexity index is 686. The van der Waals surface area contributed by atoms with Crippen LogP contribution in [0.2, 0.25) is 0 Å². The van der Waals surface area contributed by atoms with Gasteiger partial charge in [-0.15, -0.1) is 0 Å². The van der Waals surface area contributed by atoms with Crippen molar-refractivity contribution in [2.24, 2.45) is 0 Å². The Morgan fingerprint density at radius 2 is 1.78 bits per heavy atom. The number of aliphatic hydroxyl groups excluding tert-OH is 2.